The summed E-state index contributed by atoms with van der Waals surface area (Å²) in [5, 5.41) is 11.2. The zero-order chi connectivity index (χ0) is 26.5. The maximum atomic E-state index is 14.9. The second-order valence-electron chi connectivity index (χ2n) is 9.47. The standard InChI is InChI=1S/C30H31FN2O4/c1-20-8-6-9-21(18-20)19-37-23-14-12-22(13-15-23)28(34)26-27(24-10-4-5-11-25(24)31)33(30(36)29(26)35)17-7-16-32(2)3/h4-6,8-15,18,27,34H,7,16-17,19H2,1-3H3. The summed E-state index contributed by atoms with van der Waals surface area (Å²) >= 11 is 0. The maximum absolute atomic E-state index is 14.9. The number of ketones is 1. The molecule has 0 spiro atoms. The number of carbonyl (C=O) groups excluding carboxylic acids is 2. The average molecular weight is 503 g/mol. The number of hydrogen-bond donors (Lipinski definition) is 1. The first-order valence-electron chi connectivity index (χ1n) is 12.2. The van der Waals surface area contributed by atoms with E-state index in [2.05, 4.69) is 0 Å². The van der Waals surface area contributed by atoms with Gasteiger partial charge in [-0.05, 0) is 69.9 Å². The summed E-state index contributed by atoms with van der Waals surface area (Å²) in [6.07, 6.45) is 0.595. The van der Waals surface area contributed by atoms with E-state index >= 15 is 0 Å². The van der Waals surface area contributed by atoms with Gasteiger partial charge in [-0.25, -0.2) is 4.39 Å². The number of likely N-dealkylation sites (tertiary alicyclic amines) is 1. The summed E-state index contributed by atoms with van der Waals surface area (Å²) in [7, 11) is 3.83. The van der Waals surface area contributed by atoms with E-state index in [1.807, 2.05) is 50.2 Å². The molecule has 1 aliphatic rings. The van der Waals surface area contributed by atoms with Crippen molar-refractivity contribution in [2.75, 3.05) is 27.2 Å². The van der Waals surface area contributed by atoms with Crippen LogP contribution in [0.2, 0.25) is 0 Å². The van der Waals surface area contributed by atoms with Crippen LogP contribution in [0.4, 0.5) is 4.39 Å². The Morgan fingerprint density at radius 3 is 2.43 bits per heavy atom. The molecule has 0 bridgehead atoms. The van der Waals surface area contributed by atoms with Gasteiger partial charge in [0.05, 0.1) is 11.6 Å². The number of Topliss-reactive ketones (excluding diaryl/α,β-unsaturated/α-hetero) is 1. The minimum atomic E-state index is -1.01. The average Bonchev–Trinajstić information content (AvgIpc) is 3.12. The Labute approximate surface area is 216 Å². The summed E-state index contributed by atoms with van der Waals surface area (Å²) in [4.78, 5) is 29.4. The van der Waals surface area contributed by atoms with Gasteiger partial charge in [-0.15, -0.1) is 0 Å². The number of ether oxygens (including phenoxy) is 1. The summed E-state index contributed by atoms with van der Waals surface area (Å²) in [6, 6.07) is 19.7. The number of benzene rings is 3. The predicted molar refractivity (Wildman–Crippen MR) is 141 cm³/mol. The van der Waals surface area contributed by atoms with Gasteiger partial charge in [0.2, 0.25) is 0 Å². The van der Waals surface area contributed by atoms with Crippen molar-refractivity contribution in [1.82, 2.24) is 9.80 Å². The van der Waals surface area contributed by atoms with Crippen LogP contribution in [0.5, 0.6) is 5.75 Å². The monoisotopic (exact) mass is 502 g/mol. The molecule has 0 saturated carbocycles. The van der Waals surface area contributed by atoms with Crippen LogP contribution in [0.15, 0.2) is 78.4 Å². The first kappa shape index (κ1) is 26.1. The molecule has 3 aromatic carbocycles. The van der Waals surface area contributed by atoms with E-state index in [-0.39, 0.29) is 23.4 Å². The first-order valence-corrected chi connectivity index (χ1v) is 12.2. The fraction of sp³-hybridized carbons (Fsp3) is 0.267. The quantitative estimate of drug-likeness (QED) is 0.251. The van der Waals surface area contributed by atoms with Crippen molar-refractivity contribution in [2.24, 2.45) is 0 Å². The van der Waals surface area contributed by atoms with E-state index < -0.39 is 23.5 Å². The van der Waals surface area contributed by atoms with E-state index in [1.165, 1.54) is 11.0 Å². The van der Waals surface area contributed by atoms with Gasteiger partial charge in [-0.3, -0.25) is 9.59 Å². The third-order valence-electron chi connectivity index (χ3n) is 6.36. The Morgan fingerprint density at radius 1 is 1.03 bits per heavy atom. The zero-order valence-corrected chi connectivity index (χ0v) is 21.3. The smallest absolute Gasteiger partial charge is 0.295 e. The summed E-state index contributed by atoms with van der Waals surface area (Å²) < 4.78 is 20.7. The van der Waals surface area contributed by atoms with Crippen LogP contribution in [0.25, 0.3) is 5.76 Å². The third-order valence-corrected chi connectivity index (χ3v) is 6.36. The molecule has 192 valence electrons. The predicted octanol–water partition coefficient (Wildman–Crippen LogP) is 5.09. The normalized spacial score (nSPS) is 17.0. The lowest BCUT2D eigenvalue weighted by Crippen LogP contribution is -2.32. The van der Waals surface area contributed by atoms with Crippen LogP contribution in [-0.2, 0) is 16.2 Å². The Balaban J connectivity index is 1.64. The molecule has 37 heavy (non-hydrogen) atoms. The molecular formula is C30H31FN2O4. The molecule has 1 unspecified atom stereocenters. The van der Waals surface area contributed by atoms with Crippen LogP contribution in [0.3, 0.4) is 0 Å². The summed E-state index contributed by atoms with van der Waals surface area (Å²) in [5.41, 5.74) is 2.57. The van der Waals surface area contributed by atoms with E-state index in [0.29, 0.717) is 30.9 Å². The number of aryl methyl sites for hydroxylation is 1. The van der Waals surface area contributed by atoms with Crippen molar-refractivity contribution >= 4 is 17.4 Å². The van der Waals surface area contributed by atoms with E-state index in [0.717, 1.165) is 11.1 Å². The van der Waals surface area contributed by atoms with Crippen molar-refractivity contribution < 1.29 is 23.8 Å². The van der Waals surface area contributed by atoms with Gasteiger partial charge < -0.3 is 19.6 Å². The van der Waals surface area contributed by atoms with Gasteiger partial charge in [0.1, 0.15) is 23.9 Å². The largest absolute Gasteiger partial charge is 0.507 e. The van der Waals surface area contributed by atoms with Crippen molar-refractivity contribution in [1.29, 1.82) is 0 Å². The Morgan fingerprint density at radius 2 is 1.76 bits per heavy atom. The lowest BCUT2D eigenvalue weighted by atomic mass is 9.95. The molecule has 1 fully saturated rings. The van der Waals surface area contributed by atoms with Crippen LogP contribution >= 0.6 is 0 Å². The minimum Gasteiger partial charge on any atom is -0.507 e. The third kappa shape index (κ3) is 5.89. The van der Waals surface area contributed by atoms with E-state index in [1.54, 1.807) is 42.5 Å². The van der Waals surface area contributed by atoms with Gasteiger partial charge in [-0.1, -0.05) is 48.0 Å². The number of aliphatic hydroxyl groups is 1. The number of aliphatic hydroxyl groups excluding tert-OH is 1. The SMILES string of the molecule is Cc1cccc(COc2ccc(C(O)=C3C(=O)C(=O)N(CCCN(C)C)C3c3ccccc3F)cc2)c1. The molecule has 7 heteroatoms. The summed E-state index contributed by atoms with van der Waals surface area (Å²) in [6.45, 7) is 3.35. The number of halogens is 1. The van der Waals surface area contributed by atoms with Crippen LogP contribution < -0.4 is 4.74 Å². The number of rotatable bonds is 9. The van der Waals surface area contributed by atoms with Crippen LogP contribution in [-0.4, -0.2) is 53.8 Å². The number of nitrogens with zero attached hydrogens (tertiary/aromatic N) is 2. The van der Waals surface area contributed by atoms with Crippen LogP contribution in [0.1, 0.15) is 34.7 Å². The number of amides is 1. The second kappa shape index (κ2) is 11.4. The number of hydrogen-bond acceptors (Lipinski definition) is 5. The highest BCUT2D eigenvalue weighted by Gasteiger charge is 2.46. The summed E-state index contributed by atoms with van der Waals surface area (Å²) in [5.74, 6) is -1.86. The highest BCUT2D eigenvalue weighted by atomic mass is 19.1. The lowest BCUT2D eigenvalue weighted by molar-refractivity contribution is -0.140. The highest BCUT2D eigenvalue weighted by molar-refractivity contribution is 6.46. The van der Waals surface area contributed by atoms with E-state index in [9.17, 15) is 19.1 Å². The van der Waals surface area contributed by atoms with Crippen LogP contribution in [0, 0.1) is 12.7 Å². The molecule has 1 heterocycles. The van der Waals surface area contributed by atoms with Crippen molar-refractivity contribution in [2.45, 2.75) is 26.0 Å². The minimum absolute atomic E-state index is 0.117. The highest BCUT2D eigenvalue weighted by Crippen LogP contribution is 2.40. The molecule has 0 radical (unpaired) electrons. The first-order chi connectivity index (χ1) is 17.8. The topological polar surface area (TPSA) is 70.1 Å². The molecule has 1 atom stereocenters. The second-order valence-corrected chi connectivity index (χ2v) is 9.47. The zero-order valence-electron chi connectivity index (χ0n) is 21.3. The molecule has 1 aliphatic heterocycles. The fourth-order valence-electron chi connectivity index (χ4n) is 4.52. The van der Waals surface area contributed by atoms with Gasteiger partial charge in [-0.2, -0.15) is 0 Å². The lowest BCUT2D eigenvalue weighted by Gasteiger charge is -2.26. The molecule has 6 nitrogen and oxygen atoms in total. The van der Waals surface area contributed by atoms with Crippen molar-refractivity contribution in [3.63, 3.8) is 0 Å². The van der Waals surface area contributed by atoms with Gasteiger partial charge >= 0.3 is 0 Å². The molecule has 0 aromatic heterocycles. The molecule has 1 N–H and O–H groups in total. The number of carbonyl (C=O) groups is 2. The molecule has 1 saturated heterocycles. The maximum Gasteiger partial charge on any atom is 0.295 e. The molecular weight excluding hydrogens is 471 g/mol. The fourth-order valence-corrected chi connectivity index (χ4v) is 4.52. The van der Waals surface area contributed by atoms with Crippen molar-refractivity contribution in [3.05, 3.63) is 106 Å². The van der Waals surface area contributed by atoms with Gasteiger partial charge in [0, 0.05) is 17.7 Å². The van der Waals surface area contributed by atoms with Crippen molar-refractivity contribution in [3.8, 4) is 5.75 Å². The molecule has 3 aromatic rings. The molecule has 0 aliphatic carbocycles. The van der Waals surface area contributed by atoms with Gasteiger partial charge in [0.15, 0.2) is 0 Å². The Kier molecular flexibility index (Phi) is 8.04. The van der Waals surface area contributed by atoms with E-state index in [4.69, 9.17) is 4.74 Å². The molecule has 4 rings (SSSR count). The Hall–Kier alpha value is -3.97. The molecule has 1 amide bonds. The Bertz CT molecular complexity index is 1320. The van der Waals surface area contributed by atoms with Gasteiger partial charge in [0.25, 0.3) is 11.7 Å².